The maximum Gasteiger partial charge on any atom is 0.224 e. The second kappa shape index (κ2) is 5.84. The molecular formula is C19H24N4. The summed E-state index contributed by atoms with van der Waals surface area (Å²) in [5.74, 6) is 2.49. The minimum Gasteiger partial charge on any atom is -0.354 e. The number of rotatable bonds is 4. The molecule has 1 aromatic carbocycles. The predicted molar refractivity (Wildman–Crippen MR) is 94.0 cm³/mol. The van der Waals surface area contributed by atoms with Gasteiger partial charge in [0.1, 0.15) is 5.82 Å². The first-order valence-corrected chi connectivity index (χ1v) is 8.71. The summed E-state index contributed by atoms with van der Waals surface area (Å²) in [5.41, 5.74) is 4.10. The molecule has 0 spiro atoms. The molecule has 4 rings (SSSR count). The van der Waals surface area contributed by atoms with Crippen LogP contribution >= 0.6 is 0 Å². The summed E-state index contributed by atoms with van der Waals surface area (Å²) >= 11 is 0. The number of hydrogen-bond donors (Lipinski definition) is 1. The molecule has 1 atom stereocenters. The van der Waals surface area contributed by atoms with E-state index >= 15 is 0 Å². The van der Waals surface area contributed by atoms with Gasteiger partial charge in [-0.1, -0.05) is 24.3 Å². The topological polar surface area (TPSA) is 41.1 Å². The van der Waals surface area contributed by atoms with Crippen molar-refractivity contribution >= 4 is 11.8 Å². The Morgan fingerprint density at radius 2 is 1.96 bits per heavy atom. The van der Waals surface area contributed by atoms with E-state index in [1.807, 2.05) is 0 Å². The van der Waals surface area contributed by atoms with Gasteiger partial charge in [0.15, 0.2) is 0 Å². The molecule has 1 aromatic heterocycles. The Hall–Kier alpha value is -2.10. The van der Waals surface area contributed by atoms with Crippen molar-refractivity contribution in [2.75, 3.05) is 16.8 Å². The minimum absolute atomic E-state index is 0.460. The zero-order chi connectivity index (χ0) is 15.8. The summed E-state index contributed by atoms with van der Waals surface area (Å²) in [5, 5.41) is 3.30. The van der Waals surface area contributed by atoms with Crippen molar-refractivity contribution in [3.8, 4) is 0 Å². The molecule has 0 saturated heterocycles. The fourth-order valence-corrected chi connectivity index (χ4v) is 3.41. The molecule has 4 heteroatoms. The standard InChI is InChI=1S/C19H24N4/c1-3-20-19-21-17(14-8-9-14)11-18(22-19)23-12-16-7-5-4-6-15(16)10-13(23)2/h4-7,11,13-14H,3,8-10,12H2,1-2H3,(H,20,21,22)/t13-/m1/s1. The third-order valence-electron chi connectivity index (χ3n) is 4.86. The number of aromatic nitrogens is 2. The summed E-state index contributed by atoms with van der Waals surface area (Å²) in [7, 11) is 0. The van der Waals surface area contributed by atoms with E-state index in [2.05, 4.69) is 54.4 Å². The lowest BCUT2D eigenvalue weighted by molar-refractivity contribution is 0.586. The quantitative estimate of drug-likeness (QED) is 0.934. The van der Waals surface area contributed by atoms with Crippen molar-refractivity contribution in [2.45, 2.75) is 51.6 Å². The molecule has 2 aliphatic rings. The molecule has 1 N–H and O–H groups in total. The summed E-state index contributed by atoms with van der Waals surface area (Å²) in [6, 6.07) is 11.4. The Labute approximate surface area is 138 Å². The van der Waals surface area contributed by atoms with Crippen molar-refractivity contribution in [2.24, 2.45) is 0 Å². The van der Waals surface area contributed by atoms with Crippen LogP contribution in [-0.2, 0) is 13.0 Å². The Kier molecular flexibility index (Phi) is 3.68. The molecular weight excluding hydrogens is 284 g/mol. The van der Waals surface area contributed by atoms with Crippen LogP contribution in [0.1, 0.15) is 49.4 Å². The maximum atomic E-state index is 4.78. The van der Waals surface area contributed by atoms with Crippen LogP contribution in [0.25, 0.3) is 0 Å². The van der Waals surface area contributed by atoms with E-state index in [9.17, 15) is 0 Å². The molecule has 0 bridgehead atoms. The Balaban J connectivity index is 1.69. The highest BCUT2D eigenvalue weighted by molar-refractivity contribution is 5.50. The molecule has 2 aromatic rings. The van der Waals surface area contributed by atoms with Crippen molar-refractivity contribution in [1.82, 2.24) is 9.97 Å². The van der Waals surface area contributed by atoms with E-state index in [4.69, 9.17) is 9.97 Å². The third-order valence-corrected chi connectivity index (χ3v) is 4.86. The van der Waals surface area contributed by atoms with Crippen LogP contribution in [0, 0.1) is 0 Å². The fraction of sp³-hybridized carbons (Fsp3) is 0.474. The predicted octanol–water partition coefficient (Wildman–Crippen LogP) is 3.74. The molecule has 0 amide bonds. The third kappa shape index (κ3) is 2.90. The Morgan fingerprint density at radius 3 is 2.70 bits per heavy atom. The van der Waals surface area contributed by atoms with Crippen molar-refractivity contribution in [3.63, 3.8) is 0 Å². The first kappa shape index (κ1) is 14.5. The highest BCUT2D eigenvalue weighted by Gasteiger charge is 2.29. The van der Waals surface area contributed by atoms with Crippen LogP contribution in [0.2, 0.25) is 0 Å². The molecule has 1 saturated carbocycles. The number of benzene rings is 1. The zero-order valence-electron chi connectivity index (χ0n) is 13.9. The number of fused-ring (bicyclic) bond motifs is 1. The van der Waals surface area contributed by atoms with Crippen LogP contribution in [0.4, 0.5) is 11.8 Å². The number of hydrogen-bond acceptors (Lipinski definition) is 4. The monoisotopic (exact) mass is 308 g/mol. The van der Waals surface area contributed by atoms with Gasteiger partial charge in [0.2, 0.25) is 5.95 Å². The lowest BCUT2D eigenvalue weighted by atomic mass is 9.95. The Bertz CT molecular complexity index is 708. The van der Waals surface area contributed by atoms with E-state index in [1.54, 1.807) is 0 Å². The fourth-order valence-electron chi connectivity index (χ4n) is 3.41. The molecule has 4 nitrogen and oxygen atoms in total. The van der Waals surface area contributed by atoms with Gasteiger partial charge in [0, 0.05) is 31.1 Å². The normalized spacial score (nSPS) is 20.3. The largest absolute Gasteiger partial charge is 0.354 e. The van der Waals surface area contributed by atoms with Gasteiger partial charge in [-0.25, -0.2) is 4.98 Å². The van der Waals surface area contributed by atoms with Gasteiger partial charge in [-0.05, 0) is 44.2 Å². The van der Waals surface area contributed by atoms with Crippen LogP contribution in [0.15, 0.2) is 30.3 Å². The smallest absolute Gasteiger partial charge is 0.224 e. The molecule has 1 aliphatic carbocycles. The van der Waals surface area contributed by atoms with Crippen LogP contribution in [0.5, 0.6) is 0 Å². The summed E-state index contributed by atoms with van der Waals surface area (Å²) < 4.78 is 0. The minimum atomic E-state index is 0.460. The van der Waals surface area contributed by atoms with Crippen molar-refractivity contribution < 1.29 is 0 Å². The van der Waals surface area contributed by atoms with Gasteiger partial charge in [0.05, 0.1) is 5.69 Å². The molecule has 23 heavy (non-hydrogen) atoms. The first-order chi connectivity index (χ1) is 11.2. The summed E-state index contributed by atoms with van der Waals surface area (Å²) in [6.07, 6.45) is 3.61. The second-order valence-electron chi connectivity index (χ2n) is 6.73. The molecule has 0 unspecified atom stereocenters. The highest BCUT2D eigenvalue weighted by atomic mass is 15.2. The average molecular weight is 308 g/mol. The lowest BCUT2D eigenvalue weighted by Crippen LogP contribution is -2.39. The SMILES string of the molecule is CCNc1nc(C2CC2)cc(N2Cc3ccccc3C[C@H]2C)n1. The van der Waals surface area contributed by atoms with Gasteiger partial charge >= 0.3 is 0 Å². The van der Waals surface area contributed by atoms with Crippen molar-refractivity contribution in [3.05, 3.63) is 47.2 Å². The van der Waals surface area contributed by atoms with Crippen LogP contribution in [-0.4, -0.2) is 22.6 Å². The van der Waals surface area contributed by atoms with Gasteiger partial charge < -0.3 is 10.2 Å². The highest BCUT2D eigenvalue weighted by Crippen LogP contribution is 2.40. The van der Waals surface area contributed by atoms with E-state index in [0.717, 1.165) is 31.3 Å². The molecule has 2 heterocycles. The number of anilines is 2. The lowest BCUT2D eigenvalue weighted by Gasteiger charge is -2.36. The van der Waals surface area contributed by atoms with Gasteiger partial charge in [-0.15, -0.1) is 0 Å². The molecule has 120 valence electrons. The van der Waals surface area contributed by atoms with Crippen LogP contribution < -0.4 is 10.2 Å². The number of nitrogens with one attached hydrogen (secondary N) is 1. The maximum absolute atomic E-state index is 4.78. The van der Waals surface area contributed by atoms with E-state index in [-0.39, 0.29) is 0 Å². The van der Waals surface area contributed by atoms with Gasteiger partial charge in [-0.3, -0.25) is 0 Å². The molecule has 1 aliphatic heterocycles. The van der Waals surface area contributed by atoms with Crippen molar-refractivity contribution in [1.29, 1.82) is 0 Å². The zero-order valence-corrected chi connectivity index (χ0v) is 13.9. The van der Waals surface area contributed by atoms with Crippen LogP contribution in [0.3, 0.4) is 0 Å². The summed E-state index contributed by atoms with van der Waals surface area (Å²) in [6.45, 7) is 6.17. The first-order valence-electron chi connectivity index (χ1n) is 8.71. The van der Waals surface area contributed by atoms with E-state index in [0.29, 0.717) is 12.0 Å². The summed E-state index contributed by atoms with van der Waals surface area (Å²) in [4.78, 5) is 11.9. The number of nitrogens with zero attached hydrogens (tertiary/aromatic N) is 3. The van der Waals surface area contributed by atoms with Gasteiger partial charge in [-0.2, -0.15) is 4.98 Å². The van der Waals surface area contributed by atoms with Gasteiger partial charge in [0.25, 0.3) is 0 Å². The Morgan fingerprint density at radius 1 is 1.17 bits per heavy atom. The van der Waals surface area contributed by atoms with E-state index in [1.165, 1.54) is 29.7 Å². The second-order valence-corrected chi connectivity index (χ2v) is 6.73. The molecule has 0 radical (unpaired) electrons. The molecule has 1 fully saturated rings. The van der Waals surface area contributed by atoms with E-state index < -0.39 is 0 Å². The average Bonchev–Trinajstić information content (AvgIpc) is 3.39.